The zero-order valence-corrected chi connectivity index (χ0v) is 21.5. The maximum absolute atomic E-state index is 13.3. The summed E-state index contributed by atoms with van der Waals surface area (Å²) in [6.07, 6.45) is 2.44. The first kappa shape index (κ1) is 23.9. The number of hydrogen-bond acceptors (Lipinski definition) is 4. The van der Waals surface area contributed by atoms with Crippen LogP contribution in [0.1, 0.15) is 28.3 Å². The molecule has 3 aromatic carbocycles. The molecule has 0 unspecified atom stereocenters. The molecule has 7 heteroatoms. The van der Waals surface area contributed by atoms with Crippen molar-refractivity contribution in [2.75, 3.05) is 13.7 Å². The van der Waals surface area contributed by atoms with Gasteiger partial charge in [0, 0.05) is 33.7 Å². The third-order valence-corrected chi connectivity index (χ3v) is 7.18. The number of methoxy groups -OCH3 is 1. The number of hydrogen-bond donors (Lipinski definition) is 2. The molecule has 182 valence electrons. The number of Topliss-reactive ketones (excluding diaryl/α,β-unsaturated/α-hetero) is 1. The van der Waals surface area contributed by atoms with Gasteiger partial charge in [-0.05, 0) is 54.8 Å². The summed E-state index contributed by atoms with van der Waals surface area (Å²) < 4.78 is 6.25. The van der Waals surface area contributed by atoms with Crippen LogP contribution in [-0.2, 0) is 16.0 Å². The van der Waals surface area contributed by atoms with E-state index in [1.807, 2.05) is 67.7 Å². The average Bonchev–Trinajstić information content (AvgIpc) is 3.40. The molecule has 1 aliphatic rings. The van der Waals surface area contributed by atoms with Crippen molar-refractivity contribution in [1.29, 1.82) is 0 Å². The summed E-state index contributed by atoms with van der Waals surface area (Å²) in [6, 6.07) is 19.8. The van der Waals surface area contributed by atoms with E-state index < -0.39 is 17.7 Å². The van der Waals surface area contributed by atoms with Gasteiger partial charge in [-0.2, -0.15) is 0 Å². The third-order valence-electron chi connectivity index (χ3n) is 6.65. The van der Waals surface area contributed by atoms with Gasteiger partial charge in [-0.25, -0.2) is 0 Å². The lowest BCUT2D eigenvalue weighted by atomic mass is 9.95. The molecular formula is C29H25BrN2O4. The number of H-pyrrole nitrogens is 1. The van der Waals surface area contributed by atoms with Crippen LogP contribution in [0.25, 0.3) is 16.7 Å². The van der Waals surface area contributed by atoms with E-state index in [-0.39, 0.29) is 11.3 Å². The standard InChI is InChI=1S/C29H25BrN2O4/c1-17-3-5-19(6-4-17)27(33)25-26(18-7-9-21(30)10-8-18)32(29(35)28(25)34)14-13-20-16-31-24-12-11-22(36-2)15-23(20)24/h3-12,15-16,26,31,33H,13-14H2,1-2H3/t26-/m0/s1. The normalized spacial score (nSPS) is 17.2. The van der Waals surface area contributed by atoms with E-state index in [9.17, 15) is 14.7 Å². The first-order valence-corrected chi connectivity index (χ1v) is 12.4. The number of aryl methyl sites for hydroxylation is 1. The van der Waals surface area contributed by atoms with Crippen molar-refractivity contribution in [3.8, 4) is 5.75 Å². The third kappa shape index (κ3) is 4.31. The van der Waals surface area contributed by atoms with E-state index in [1.165, 1.54) is 0 Å². The second-order valence-corrected chi connectivity index (χ2v) is 9.80. The maximum atomic E-state index is 13.3. The number of carbonyl (C=O) groups excluding carboxylic acids is 2. The van der Waals surface area contributed by atoms with Crippen molar-refractivity contribution in [3.05, 3.63) is 105 Å². The second kappa shape index (κ2) is 9.66. The first-order valence-electron chi connectivity index (χ1n) is 11.6. The number of ether oxygens (including phenoxy) is 1. The van der Waals surface area contributed by atoms with Crippen LogP contribution in [-0.4, -0.2) is 40.3 Å². The van der Waals surface area contributed by atoms with Gasteiger partial charge in [0.25, 0.3) is 11.7 Å². The van der Waals surface area contributed by atoms with E-state index in [4.69, 9.17) is 4.74 Å². The summed E-state index contributed by atoms with van der Waals surface area (Å²) in [7, 11) is 1.62. The highest BCUT2D eigenvalue weighted by Gasteiger charge is 2.45. The van der Waals surface area contributed by atoms with Crippen molar-refractivity contribution < 1.29 is 19.4 Å². The highest BCUT2D eigenvalue weighted by Crippen LogP contribution is 2.40. The van der Waals surface area contributed by atoms with Crippen LogP contribution in [0.4, 0.5) is 0 Å². The minimum Gasteiger partial charge on any atom is -0.507 e. The summed E-state index contributed by atoms with van der Waals surface area (Å²) in [5, 5.41) is 12.2. The lowest BCUT2D eigenvalue weighted by Gasteiger charge is -2.25. The van der Waals surface area contributed by atoms with Crippen molar-refractivity contribution in [2.45, 2.75) is 19.4 Å². The Morgan fingerprint density at radius 3 is 2.47 bits per heavy atom. The van der Waals surface area contributed by atoms with Gasteiger partial charge in [-0.3, -0.25) is 9.59 Å². The molecule has 0 radical (unpaired) electrons. The highest BCUT2D eigenvalue weighted by atomic mass is 79.9. The number of likely N-dealkylation sites (tertiary alicyclic amines) is 1. The van der Waals surface area contributed by atoms with Crippen molar-refractivity contribution in [3.63, 3.8) is 0 Å². The predicted molar refractivity (Wildman–Crippen MR) is 143 cm³/mol. The molecule has 5 rings (SSSR count). The molecule has 2 N–H and O–H groups in total. The van der Waals surface area contributed by atoms with Gasteiger partial charge in [-0.15, -0.1) is 0 Å². The number of aliphatic hydroxyl groups excluding tert-OH is 1. The molecule has 0 bridgehead atoms. The van der Waals surface area contributed by atoms with Crippen LogP contribution >= 0.6 is 15.9 Å². The number of halogens is 1. The molecule has 6 nitrogen and oxygen atoms in total. The number of aromatic amines is 1. The molecule has 1 aromatic heterocycles. The van der Waals surface area contributed by atoms with Gasteiger partial charge in [-0.1, -0.05) is 57.9 Å². The molecular weight excluding hydrogens is 520 g/mol. The molecule has 1 aliphatic heterocycles. The van der Waals surface area contributed by atoms with Crippen LogP contribution in [0.2, 0.25) is 0 Å². The fourth-order valence-corrected chi connectivity index (χ4v) is 4.97. The zero-order chi connectivity index (χ0) is 25.4. The summed E-state index contributed by atoms with van der Waals surface area (Å²) in [5.41, 5.74) is 4.38. The molecule has 0 spiro atoms. The number of amides is 1. The number of aromatic nitrogens is 1. The van der Waals surface area contributed by atoms with Gasteiger partial charge in [0.1, 0.15) is 11.5 Å². The molecule has 4 aromatic rings. The predicted octanol–water partition coefficient (Wildman–Crippen LogP) is 5.91. The molecule has 1 amide bonds. The Labute approximate surface area is 217 Å². The highest BCUT2D eigenvalue weighted by molar-refractivity contribution is 9.10. The number of nitrogens with one attached hydrogen (secondary N) is 1. The average molecular weight is 545 g/mol. The van der Waals surface area contributed by atoms with Crippen LogP contribution < -0.4 is 4.74 Å². The quantitative estimate of drug-likeness (QED) is 0.179. The van der Waals surface area contributed by atoms with E-state index in [2.05, 4.69) is 20.9 Å². The van der Waals surface area contributed by atoms with Gasteiger partial charge < -0.3 is 19.7 Å². The largest absolute Gasteiger partial charge is 0.507 e. The van der Waals surface area contributed by atoms with Gasteiger partial charge >= 0.3 is 0 Å². The monoisotopic (exact) mass is 544 g/mol. The smallest absolute Gasteiger partial charge is 0.295 e. The molecule has 1 atom stereocenters. The van der Waals surface area contributed by atoms with Crippen molar-refractivity contribution >= 4 is 44.3 Å². The van der Waals surface area contributed by atoms with Crippen LogP contribution in [0.3, 0.4) is 0 Å². The summed E-state index contributed by atoms with van der Waals surface area (Å²) in [5.74, 6) is -0.715. The molecule has 1 fully saturated rings. The lowest BCUT2D eigenvalue weighted by molar-refractivity contribution is -0.139. The SMILES string of the molecule is COc1ccc2[nH]cc(CCN3C(=O)C(=O)C(=C(O)c4ccc(C)cc4)[C@@H]3c3ccc(Br)cc3)c2c1. The summed E-state index contributed by atoms with van der Waals surface area (Å²) in [6.45, 7) is 2.25. The molecule has 36 heavy (non-hydrogen) atoms. The number of aliphatic hydroxyl groups is 1. The zero-order valence-electron chi connectivity index (χ0n) is 19.9. The molecule has 1 saturated heterocycles. The van der Waals surface area contributed by atoms with Crippen molar-refractivity contribution in [2.24, 2.45) is 0 Å². The number of fused-ring (bicyclic) bond motifs is 1. The number of carbonyl (C=O) groups is 2. The van der Waals surface area contributed by atoms with Crippen LogP contribution in [0.15, 0.2) is 83.0 Å². The summed E-state index contributed by atoms with van der Waals surface area (Å²) >= 11 is 3.45. The minimum absolute atomic E-state index is 0.103. The van der Waals surface area contributed by atoms with E-state index in [0.717, 1.165) is 37.8 Å². The van der Waals surface area contributed by atoms with Gasteiger partial charge in [0.2, 0.25) is 0 Å². The number of benzene rings is 3. The van der Waals surface area contributed by atoms with E-state index in [1.54, 1.807) is 24.1 Å². The Kier molecular flexibility index (Phi) is 6.41. The summed E-state index contributed by atoms with van der Waals surface area (Å²) in [4.78, 5) is 31.4. The molecule has 2 heterocycles. The Hall–Kier alpha value is -3.84. The maximum Gasteiger partial charge on any atom is 0.295 e. The van der Waals surface area contributed by atoms with E-state index in [0.29, 0.717) is 18.5 Å². The topological polar surface area (TPSA) is 82.6 Å². The van der Waals surface area contributed by atoms with Crippen LogP contribution in [0.5, 0.6) is 5.75 Å². The van der Waals surface area contributed by atoms with Crippen molar-refractivity contribution in [1.82, 2.24) is 9.88 Å². The van der Waals surface area contributed by atoms with Gasteiger partial charge in [0.05, 0.1) is 18.7 Å². The fraction of sp³-hybridized carbons (Fsp3) is 0.172. The number of ketones is 1. The Morgan fingerprint density at radius 1 is 1.06 bits per heavy atom. The lowest BCUT2D eigenvalue weighted by Crippen LogP contribution is -2.31. The Balaban J connectivity index is 1.55. The number of nitrogens with zero attached hydrogens (tertiary/aromatic N) is 1. The fourth-order valence-electron chi connectivity index (χ4n) is 4.70. The number of rotatable bonds is 6. The van der Waals surface area contributed by atoms with Gasteiger partial charge in [0.15, 0.2) is 0 Å². The second-order valence-electron chi connectivity index (χ2n) is 8.89. The Bertz CT molecular complexity index is 1490. The Morgan fingerprint density at radius 2 is 1.78 bits per heavy atom. The molecule has 0 aliphatic carbocycles. The van der Waals surface area contributed by atoms with E-state index >= 15 is 0 Å². The van der Waals surface area contributed by atoms with Crippen LogP contribution in [0, 0.1) is 6.92 Å². The first-order chi connectivity index (χ1) is 17.4. The minimum atomic E-state index is -0.695. The molecule has 0 saturated carbocycles.